The van der Waals surface area contributed by atoms with Gasteiger partial charge in [-0.25, -0.2) is 5.01 Å². The maximum absolute atomic E-state index is 13.4. The molecule has 1 saturated heterocycles. The Morgan fingerprint density at radius 1 is 1.00 bits per heavy atom. The quantitative estimate of drug-likeness (QED) is 0.188. The number of nitro groups is 1. The highest BCUT2D eigenvalue weighted by atomic mass is 35.5. The number of nitrogens with zero attached hydrogens (tertiary/aromatic N) is 3. The van der Waals surface area contributed by atoms with Crippen LogP contribution in [0.25, 0.3) is 0 Å². The Morgan fingerprint density at radius 2 is 1.53 bits per heavy atom. The van der Waals surface area contributed by atoms with Crippen LogP contribution < -0.4 is 0 Å². The molecule has 166 valence electrons. The van der Waals surface area contributed by atoms with Crippen LogP contribution in [0.15, 0.2) is 48.5 Å². The number of Topliss-reactive ketones (excluding diaryl/α,β-unsaturated/α-hetero) is 1. The van der Waals surface area contributed by atoms with Crippen molar-refractivity contribution in [2.24, 2.45) is 0 Å². The Kier molecular flexibility index (Phi) is 7.22. The summed E-state index contributed by atoms with van der Waals surface area (Å²) in [7, 11) is 0. The largest absolute Gasteiger partial charge is 0.292 e. The number of hydrogen-bond donors (Lipinski definition) is 0. The standard InChI is InChI=1S/C21H17Cl2N3O6/c22-12-11-17(20(29)13-1-5-15(23)6-2-13)24(25-18(27)9-10-19(25)28)21(30)14-3-7-16(8-4-14)26(31)32/h1-8,17H,9-12H2/t17-/m0/s1. The number of benzene rings is 2. The van der Waals surface area contributed by atoms with Crippen molar-refractivity contribution in [3.05, 3.63) is 74.8 Å². The number of carbonyl (C=O) groups is 4. The summed E-state index contributed by atoms with van der Waals surface area (Å²) in [5.74, 6) is -2.67. The SMILES string of the molecule is O=C(c1ccc(Cl)cc1)[C@H](CCCl)N(C(=O)c1ccc([N+](=O)[O-])cc1)N1C(=O)CCC1=O. The van der Waals surface area contributed by atoms with Crippen molar-refractivity contribution < 1.29 is 24.1 Å². The van der Waals surface area contributed by atoms with Gasteiger partial charge in [0.2, 0.25) is 11.8 Å². The van der Waals surface area contributed by atoms with E-state index in [1.54, 1.807) is 0 Å². The van der Waals surface area contributed by atoms with E-state index >= 15 is 0 Å². The van der Waals surface area contributed by atoms with Crippen molar-refractivity contribution >= 4 is 52.4 Å². The van der Waals surface area contributed by atoms with E-state index in [2.05, 4.69) is 0 Å². The van der Waals surface area contributed by atoms with Crippen LogP contribution in [0.1, 0.15) is 40.0 Å². The summed E-state index contributed by atoms with van der Waals surface area (Å²) in [6.07, 6.45) is -0.254. The van der Waals surface area contributed by atoms with Crippen LogP contribution in [0.4, 0.5) is 5.69 Å². The van der Waals surface area contributed by atoms with Gasteiger partial charge in [-0.15, -0.1) is 11.6 Å². The highest BCUT2D eigenvalue weighted by Crippen LogP contribution is 2.25. The van der Waals surface area contributed by atoms with Crippen LogP contribution in [0.2, 0.25) is 5.02 Å². The average molecular weight is 478 g/mol. The second-order valence-corrected chi connectivity index (χ2v) is 7.73. The van der Waals surface area contributed by atoms with Crippen molar-refractivity contribution in [2.45, 2.75) is 25.3 Å². The summed E-state index contributed by atoms with van der Waals surface area (Å²) in [5.41, 5.74) is -0.0623. The van der Waals surface area contributed by atoms with Gasteiger partial charge in [-0.1, -0.05) is 11.6 Å². The Morgan fingerprint density at radius 3 is 2.03 bits per heavy atom. The lowest BCUT2D eigenvalue weighted by Crippen LogP contribution is -2.57. The maximum Gasteiger partial charge on any atom is 0.273 e. The monoisotopic (exact) mass is 477 g/mol. The van der Waals surface area contributed by atoms with Crippen molar-refractivity contribution in [2.75, 3.05) is 5.88 Å². The van der Waals surface area contributed by atoms with Gasteiger partial charge in [-0.05, 0) is 42.8 Å². The molecule has 11 heteroatoms. The molecule has 0 saturated carbocycles. The van der Waals surface area contributed by atoms with E-state index in [4.69, 9.17) is 23.2 Å². The van der Waals surface area contributed by atoms with E-state index < -0.39 is 34.5 Å². The van der Waals surface area contributed by atoms with Gasteiger partial charge in [0.25, 0.3) is 11.6 Å². The zero-order valence-electron chi connectivity index (χ0n) is 16.6. The molecule has 9 nitrogen and oxygen atoms in total. The minimum Gasteiger partial charge on any atom is -0.292 e. The molecule has 2 aromatic rings. The lowest BCUT2D eigenvalue weighted by Gasteiger charge is -2.36. The van der Waals surface area contributed by atoms with Crippen LogP contribution >= 0.6 is 23.2 Å². The minimum atomic E-state index is -1.26. The number of alkyl halides is 1. The molecule has 3 rings (SSSR count). The third-order valence-electron chi connectivity index (χ3n) is 4.88. The summed E-state index contributed by atoms with van der Waals surface area (Å²) < 4.78 is 0. The van der Waals surface area contributed by atoms with Gasteiger partial charge in [0.1, 0.15) is 6.04 Å². The molecule has 1 aliphatic heterocycles. The van der Waals surface area contributed by atoms with Crippen LogP contribution in [-0.4, -0.2) is 50.4 Å². The number of carbonyl (C=O) groups excluding carboxylic acids is 4. The number of nitro benzene ring substituents is 1. The zero-order chi connectivity index (χ0) is 23.4. The molecule has 1 heterocycles. The van der Waals surface area contributed by atoms with Crippen LogP contribution in [-0.2, 0) is 9.59 Å². The molecule has 0 unspecified atom stereocenters. The summed E-state index contributed by atoms with van der Waals surface area (Å²) in [4.78, 5) is 62.0. The van der Waals surface area contributed by atoms with Gasteiger partial charge in [-0.3, -0.25) is 29.3 Å². The maximum atomic E-state index is 13.4. The first-order valence-electron chi connectivity index (χ1n) is 9.54. The molecular weight excluding hydrogens is 461 g/mol. The predicted octanol–water partition coefficient (Wildman–Crippen LogP) is 3.63. The fourth-order valence-corrected chi connectivity index (χ4v) is 3.64. The first kappa shape index (κ1) is 23.4. The van der Waals surface area contributed by atoms with E-state index in [1.807, 2.05) is 0 Å². The fraction of sp³-hybridized carbons (Fsp3) is 0.238. The number of halogens is 2. The number of amides is 3. The first-order chi connectivity index (χ1) is 15.2. The normalized spacial score (nSPS) is 14.4. The van der Waals surface area contributed by atoms with E-state index in [0.717, 1.165) is 17.1 Å². The number of hydrazine groups is 1. The Balaban J connectivity index is 2.06. The highest BCUT2D eigenvalue weighted by Gasteiger charge is 2.43. The van der Waals surface area contributed by atoms with E-state index in [0.29, 0.717) is 10.0 Å². The van der Waals surface area contributed by atoms with Gasteiger partial charge >= 0.3 is 0 Å². The third kappa shape index (κ3) is 4.79. The number of non-ortho nitro benzene ring substituents is 1. The predicted molar refractivity (Wildman–Crippen MR) is 115 cm³/mol. The molecule has 0 bridgehead atoms. The summed E-state index contributed by atoms with van der Waals surface area (Å²) in [6.45, 7) is 0. The lowest BCUT2D eigenvalue weighted by molar-refractivity contribution is -0.384. The molecule has 0 aromatic heterocycles. The molecule has 0 aliphatic carbocycles. The molecule has 3 amide bonds. The number of rotatable bonds is 8. The van der Waals surface area contributed by atoms with E-state index in [1.165, 1.54) is 36.4 Å². The number of imide groups is 1. The smallest absolute Gasteiger partial charge is 0.273 e. The second-order valence-electron chi connectivity index (χ2n) is 6.92. The van der Waals surface area contributed by atoms with Crippen molar-refractivity contribution in [1.29, 1.82) is 0 Å². The van der Waals surface area contributed by atoms with Gasteiger partial charge in [0.05, 0.1) is 4.92 Å². The molecule has 1 atom stereocenters. The molecule has 0 radical (unpaired) electrons. The topological polar surface area (TPSA) is 118 Å². The fourth-order valence-electron chi connectivity index (χ4n) is 3.31. The molecule has 32 heavy (non-hydrogen) atoms. The Hall–Kier alpha value is -3.30. The molecule has 0 spiro atoms. The zero-order valence-corrected chi connectivity index (χ0v) is 18.1. The Bertz CT molecular complexity index is 1060. The molecule has 0 N–H and O–H groups in total. The molecule has 1 aliphatic rings. The van der Waals surface area contributed by atoms with Crippen molar-refractivity contribution in [3.63, 3.8) is 0 Å². The molecule has 2 aromatic carbocycles. The lowest BCUT2D eigenvalue weighted by atomic mass is 10.0. The summed E-state index contributed by atoms with van der Waals surface area (Å²) >= 11 is 11.8. The molecular formula is C21H17Cl2N3O6. The van der Waals surface area contributed by atoms with Gasteiger partial charge in [0.15, 0.2) is 5.78 Å². The Labute approximate surface area is 192 Å². The van der Waals surface area contributed by atoms with Crippen LogP contribution in [0, 0.1) is 10.1 Å². The molecule has 1 fully saturated rings. The highest BCUT2D eigenvalue weighted by molar-refractivity contribution is 6.30. The summed E-state index contributed by atoms with van der Waals surface area (Å²) in [5, 5.41) is 12.8. The van der Waals surface area contributed by atoms with Gasteiger partial charge in [0, 0.05) is 47.0 Å². The van der Waals surface area contributed by atoms with Gasteiger partial charge < -0.3 is 0 Å². The van der Waals surface area contributed by atoms with Crippen LogP contribution in [0.5, 0.6) is 0 Å². The summed E-state index contributed by atoms with van der Waals surface area (Å²) in [6, 6.07) is 9.31. The average Bonchev–Trinajstić information content (AvgIpc) is 3.11. The first-order valence-corrected chi connectivity index (χ1v) is 10.4. The van der Waals surface area contributed by atoms with Crippen molar-refractivity contribution in [1.82, 2.24) is 10.0 Å². The van der Waals surface area contributed by atoms with Gasteiger partial charge in [-0.2, -0.15) is 5.01 Å². The van der Waals surface area contributed by atoms with E-state index in [9.17, 15) is 29.3 Å². The third-order valence-corrected chi connectivity index (χ3v) is 5.35. The van der Waals surface area contributed by atoms with Crippen LogP contribution in [0.3, 0.4) is 0 Å². The minimum absolute atomic E-state index is 0.0356. The number of ketones is 1. The van der Waals surface area contributed by atoms with E-state index in [-0.39, 0.29) is 42.0 Å². The number of hydrogen-bond acceptors (Lipinski definition) is 6. The second kappa shape index (κ2) is 9.88. The van der Waals surface area contributed by atoms with Crippen molar-refractivity contribution in [3.8, 4) is 0 Å².